The summed E-state index contributed by atoms with van der Waals surface area (Å²) in [4.78, 5) is 22.6. The van der Waals surface area contributed by atoms with Crippen molar-refractivity contribution in [3.8, 4) is 5.75 Å². The lowest BCUT2D eigenvalue weighted by Gasteiger charge is -2.36. The van der Waals surface area contributed by atoms with Crippen molar-refractivity contribution in [1.29, 1.82) is 0 Å². The van der Waals surface area contributed by atoms with Crippen LogP contribution in [0.3, 0.4) is 0 Å². The number of aromatic nitrogens is 2. The second kappa shape index (κ2) is 9.41. The average molecular weight is 421 g/mol. The van der Waals surface area contributed by atoms with Crippen LogP contribution in [0, 0.1) is 0 Å². The van der Waals surface area contributed by atoms with Crippen molar-refractivity contribution in [2.24, 2.45) is 0 Å². The zero-order valence-corrected chi connectivity index (χ0v) is 18.6. The molecule has 0 atom stereocenters. The Kier molecular flexibility index (Phi) is 6.44. The van der Waals surface area contributed by atoms with Crippen LogP contribution in [0.1, 0.15) is 48.2 Å². The highest BCUT2D eigenvalue weighted by Crippen LogP contribution is 2.27. The molecule has 6 heteroatoms. The van der Waals surface area contributed by atoms with Crippen LogP contribution in [0.15, 0.2) is 43.0 Å². The Bertz CT molecular complexity index is 983. The van der Waals surface area contributed by atoms with Crippen LogP contribution < -0.4 is 9.64 Å². The molecule has 1 aromatic heterocycles. The van der Waals surface area contributed by atoms with Crippen molar-refractivity contribution in [3.63, 3.8) is 0 Å². The molecule has 2 aromatic rings. The van der Waals surface area contributed by atoms with Crippen LogP contribution in [0.4, 0.5) is 5.69 Å². The van der Waals surface area contributed by atoms with E-state index in [9.17, 15) is 4.79 Å². The number of anilines is 1. The largest absolute Gasteiger partial charge is 0.497 e. The quantitative estimate of drug-likeness (QED) is 0.682. The molecule has 0 spiro atoms. The van der Waals surface area contributed by atoms with Crippen molar-refractivity contribution in [2.75, 3.05) is 38.2 Å². The second-order valence-corrected chi connectivity index (χ2v) is 8.12. The van der Waals surface area contributed by atoms with Crippen molar-refractivity contribution in [3.05, 3.63) is 60.2 Å². The normalized spacial score (nSPS) is 17.2. The molecular formula is C25H32N4O2. The van der Waals surface area contributed by atoms with Gasteiger partial charge in [-0.3, -0.25) is 4.79 Å². The van der Waals surface area contributed by atoms with Gasteiger partial charge in [0.15, 0.2) is 0 Å². The number of imidazole rings is 1. The highest BCUT2D eigenvalue weighted by Gasteiger charge is 2.29. The maximum absolute atomic E-state index is 13.5. The van der Waals surface area contributed by atoms with Gasteiger partial charge in [-0.25, -0.2) is 4.98 Å². The number of ether oxygens (including phenoxy) is 1. The number of benzene rings is 1. The third-order valence-electron chi connectivity index (χ3n) is 6.34. The van der Waals surface area contributed by atoms with Crippen molar-refractivity contribution in [2.45, 2.75) is 39.2 Å². The summed E-state index contributed by atoms with van der Waals surface area (Å²) in [5.41, 5.74) is 3.85. The molecule has 3 heterocycles. The number of amides is 1. The lowest BCUT2D eigenvalue weighted by atomic mass is 10.1. The van der Waals surface area contributed by atoms with Gasteiger partial charge in [0.05, 0.1) is 12.8 Å². The predicted octanol–water partition coefficient (Wildman–Crippen LogP) is 4.17. The molecule has 1 fully saturated rings. The van der Waals surface area contributed by atoms with Crippen LogP contribution in [0.5, 0.6) is 5.75 Å². The zero-order valence-electron chi connectivity index (χ0n) is 18.6. The van der Waals surface area contributed by atoms with Crippen LogP contribution in [0.25, 0.3) is 5.57 Å². The number of methoxy groups -OCH3 is 1. The maximum Gasteiger partial charge on any atom is 0.274 e. The van der Waals surface area contributed by atoms with Crippen molar-refractivity contribution >= 4 is 17.2 Å². The number of carbonyl (C=O) groups is 1. The van der Waals surface area contributed by atoms with E-state index >= 15 is 0 Å². The Morgan fingerprint density at radius 2 is 1.94 bits per heavy atom. The average Bonchev–Trinajstić information content (AvgIpc) is 3.00. The first-order valence-electron chi connectivity index (χ1n) is 11.2. The Morgan fingerprint density at radius 1 is 1.13 bits per heavy atom. The summed E-state index contributed by atoms with van der Waals surface area (Å²) in [5, 5.41) is 0. The molecule has 164 valence electrons. The van der Waals surface area contributed by atoms with Gasteiger partial charge in [0.25, 0.3) is 5.91 Å². The van der Waals surface area contributed by atoms with E-state index in [1.165, 1.54) is 6.42 Å². The van der Waals surface area contributed by atoms with Gasteiger partial charge in [0, 0.05) is 50.1 Å². The minimum absolute atomic E-state index is 0.0571. The van der Waals surface area contributed by atoms with E-state index in [4.69, 9.17) is 9.72 Å². The van der Waals surface area contributed by atoms with E-state index < -0.39 is 0 Å². The zero-order chi connectivity index (χ0) is 21.8. The summed E-state index contributed by atoms with van der Waals surface area (Å²) < 4.78 is 7.61. The first-order valence-corrected chi connectivity index (χ1v) is 11.2. The van der Waals surface area contributed by atoms with E-state index in [2.05, 4.69) is 22.1 Å². The van der Waals surface area contributed by atoms with E-state index in [1.807, 2.05) is 42.2 Å². The number of hydrogen-bond acceptors (Lipinski definition) is 4. The van der Waals surface area contributed by atoms with Gasteiger partial charge >= 0.3 is 0 Å². The Hall–Kier alpha value is -3.02. The lowest BCUT2D eigenvalue weighted by Crippen LogP contribution is -2.49. The fourth-order valence-corrected chi connectivity index (χ4v) is 4.57. The molecule has 2 aliphatic heterocycles. The summed E-state index contributed by atoms with van der Waals surface area (Å²) in [6.45, 7) is 9.83. The van der Waals surface area contributed by atoms with Gasteiger partial charge in [-0.15, -0.1) is 0 Å². The van der Waals surface area contributed by atoms with Gasteiger partial charge in [-0.05, 0) is 38.3 Å². The molecule has 0 saturated carbocycles. The number of rotatable bonds is 5. The molecule has 0 unspecified atom stereocenters. The molecule has 1 amide bonds. The number of hydrogen-bond donors (Lipinski definition) is 0. The number of fused-ring (bicyclic) bond motifs is 1. The minimum atomic E-state index is 0.0571. The first-order chi connectivity index (χ1) is 15.2. The Balaban J connectivity index is 1.54. The molecule has 31 heavy (non-hydrogen) atoms. The standard InChI is InChI=1S/C25H32N4O2/c1-4-19(5-2)24-26-23(22-12-7-6-8-13-29(22)24)25(30)28-16-14-27(15-17-28)20-10-9-11-21(18-20)31-3/h4-5,9-11,18H,1,6-8,12-17H2,2-3H3/b19-5+. The molecule has 2 aliphatic rings. The van der Waals surface area contributed by atoms with Crippen LogP contribution >= 0.6 is 0 Å². The third-order valence-corrected chi connectivity index (χ3v) is 6.34. The molecule has 6 nitrogen and oxygen atoms in total. The van der Waals surface area contributed by atoms with E-state index in [-0.39, 0.29) is 5.91 Å². The van der Waals surface area contributed by atoms with E-state index in [0.29, 0.717) is 18.8 Å². The smallest absolute Gasteiger partial charge is 0.274 e. The maximum atomic E-state index is 13.5. The monoisotopic (exact) mass is 420 g/mol. The molecule has 0 bridgehead atoms. The predicted molar refractivity (Wildman–Crippen MR) is 125 cm³/mol. The lowest BCUT2D eigenvalue weighted by molar-refractivity contribution is 0.0740. The summed E-state index contributed by atoms with van der Waals surface area (Å²) in [5.74, 6) is 1.79. The summed E-state index contributed by atoms with van der Waals surface area (Å²) >= 11 is 0. The molecule has 4 rings (SSSR count). The third kappa shape index (κ3) is 4.24. The topological polar surface area (TPSA) is 50.6 Å². The van der Waals surface area contributed by atoms with Crippen LogP contribution in [-0.4, -0.2) is 53.6 Å². The number of nitrogens with zero attached hydrogens (tertiary/aromatic N) is 4. The molecule has 0 aliphatic carbocycles. The van der Waals surface area contributed by atoms with Crippen molar-refractivity contribution < 1.29 is 9.53 Å². The SMILES string of the molecule is C=C/C(=C\C)c1nc(C(=O)N2CCN(c3cccc(OC)c3)CC2)c2n1CCCCC2. The summed E-state index contributed by atoms with van der Waals surface area (Å²) in [6.07, 6.45) is 8.18. The van der Waals surface area contributed by atoms with E-state index in [0.717, 1.165) is 67.4 Å². The Labute approximate surface area is 184 Å². The Morgan fingerprint density at radius 3 is 2.65 bits per heavy atom. The van der Waals surface area contributed by atoms with Gasteiger partial charge in [-0.1, -0.05) is 31.2 Å². The first kappa shape index (κ1) is 21.2. The van der Waals surface area contributed by atoms with Crippen LogP contribution in [0.2, 0.25) is 0 Å². The van der Waals surface area contributed by atoms with Gasteiger partial charge in [0.2, 0.25) is 0 Å². The van der Waals surface area contributed by atoms with Crippen molar-refractivity contribution in [1.82, 2.24) is 14.5 Å². The van der Waals surface area contributed by atoms with Gasteiger partial charge < -0.3 is 19.1 Å². The number of piperazine rings is 1. The molecule has 0 radical (unpaired) electrons. The molecule has 1 aromatic carbocycles. The number of allylic oxidation sites excluding steroid dienone is 3. The fraction of sp³-hybridized carbons (Fsp3) is 0.440. The summed E-state index contributed by atoms with van der Waals surface area (Å²) in [6, 6.07) is 8.10. The van der Waals surface area contributed by atoms with Crippen LogP contribution in [-0.2, 0) is 13.0 Å². The molecular weight excluding hydrogens is 388 g/mol. The number of carbonyl (C=O) groups excluding carboxylic acids is 1. The van der Waals surface area contributed by atoms with E-state index in [1.54, 1.807) is 7.11 Å². The second-order valence-electron chi connectivity index (χ2n) is 8.12. The highest BCUT2D eigenvalue weighted by molar-refractivity contribution is 5.94. The summed E-state index contributed by atoms with van der Waals surface area (Å²) in [7, 11) is 1.68. The molecule has 0 N–H and O–H groups in total. The fourth-order valence-electron chi connectivity index (χ4n) is 4.57. The highest BCUT2D eigenvalue weighted by atomic mass is 16.5. The van der Waals surface area contributed by atoms with Gasteiger partial charge in [-0.2, -0.15) is 0 Å². The van der Waals surface area contributed by atoms with Gasteiger partial charge in [0.1, 0.15) is 17.3 Å². The molecule has 1 saturated heterocycles. The minimum Gasteiger partial charge on any atom is -0.497 e.